The van der Waals surface area contributed by atoms with E-state index >= 15 is 0 Å². The number of amides is 1. The number of carbonyl (C=O) groups excluding carboxylic acids is 1. The number of halogens is 3. The largest absolute Gasteiger partial charge is 0.354 e. The van der Waals surface area contributed by atoms with Crippen molar-refractivity contribution in [2.45, 2.75) is 18.2 Å². The van der Waals surface area contributed by atoms with Gasteiger partial charge in [0, 0.05) is 21.6 Å². The highest BCUT2D eigenvalue weighted by molar-refractivity contribution is 7.92. The van der Waals surface area contributed by atoms with E-state index in [-0.39, 0.29) is 20.6 Å². The van der Waals surface area contributed by atoms with Crippen LogP contribution in [0.15, 0.2) is 71.6 Å². The zero-order valence-corrected chi connectivity index (χ0v) is 20.3. The number of anilines is 1. The number of aryl methyl sites for hydroxylation is 1. The van der Waals surface area contributed by atoms with E-state index in [1.54, 1.807) is 24.3 Å². The Hall–Kier alpha value is -2.25. The van der Waals surface area contributed by atoms with Gasteiger partial charge in [-0.25, -0.2) is 8.42 Å². The Kier molecular flexibility index (Phi) is 8.06. The third kappa shape index (κ3) is 6.39. The van der Waals surface area contributed by atoms with Crippen molar-refractivity contribution in [3.63, 3.8) is 0 Å². The summed E-state index contributed by atoms with van der Waals surface area (Å²) in [6, 6.07) is 18.1. The van der Waals surface area contributed by atoms with Gasteiger partial charge < -0.3 is 5.32 Å². The van der Waals surface area contributed by atoms with Gasteiger partial charge in [-0.15, -0.1) is 0 Å². The first-order chi connectivity index (χ1) is 15.1. The maximum Gasteiger partial charge on any atom is 0.264 e. The van der Waals surface area contributed by atoms with Crippen molar-refractivity contribution in [1.29, 1.82) is 0 Å². The maximum absolute atomic E-state index is 13.4. The molecule has 0 bridgehead atoms. The summed E-state index contributed by atoms with van der Waals surface area (Å²) < 4.78 is 27.8. The molecule has 1 amide bonds. The lowest BCUT2D eigenvalue weighted by atomic mass is 10.1. The van der Waals surface area contributed by atoms with Crippen molar-refractivity contribution < 1.29 is 13.2 Å². The van der Waals surface area contributed by atoms with Gasteiger partial charge in [0.2, 0.25) is 5.91 Å². The molecule has 0 atom stereocenters. The SMILES string of the molecule is Cc1ccc(S(=O)(=O)N(CC(=O)NCCc2ccc(Cl)cc2)c2cc(Cl)cc(Cl)c2)cc1. The molecular weight excluding hydrogens is 491 g/mol. The average molecular weight is 512 g/mol. The van der Waals surface area contributed by atoms with Crippen LogP contribution >= 0.6 is 34.8 Å². The predicted octanol–water partition coefficient (Wildman–Crippen LogP) is 5.51. The summed E-state index contributed by atoms with van der Waals surface area (Å²) >= 11 is 18.1. The zero-order valence-electron chi connectivity index (χ0n) is 17.2. The summed E-state index contributed by atoms with van der Waals surface area (Å²) in [6.45, 7) is 1.78. The van der Waals surface area contributed by atoms with E-state index in [9.17, 15) is 13.2 Å². The van der Waals surface area contributed by atoms with Gasteiger partial charge in [-0.3, -0.25) is 9.10 Å². The van der Waals surface area contributed by atoms with Crippen molar-refractivity contribution in [1.82, 2.24) is 5.32 Å². The molecule has 0 fully saturated rings. The summed E-state index contributed by atoms with van der Waals surface area (Å²) in [5, 5.41) is 3.93. The standard InChI is InChI=1S/C23H21Cl3N2O3S/c1-16-2-8-22(9-3-16)32(30,31)28(21-13-19(25)12-20(26)14-21)15-23(29)27-11-10-17-4-6-18(24)7-5-17/h2-9,12-14H,10-11,15H2,1H3,(H,27,29). The molecule has 0 radical (unpaired) electrons. The smallest absolute Gasteiger partial charge is 0.264 e. The van der Waals surface area contributed by atoms with E-state index in [1.807, 2.05) is 19.1 Å². The summed E-state index contributed by atoms with van der Waals surface area (Å²) in [4.78, 5) is 12.7. The van der Waals surface area contributed by atoms with Crippen molar-refractivity contribution in [3.05, 3.63) is 92.9 Å². The second-order valence-electron chi connectivity index (χ2n) is 7.18. The maximum atomic E-state index is 13.4. The molecule has 32 heavy (non-hydrogen) atoms. The number of hydrogen-bond acceptors (Lipinski definition) is 3. The lowest BCUT2D eigenvalue weighted by molar-refractivity contribution is -0.119. The topological polar surface area (TPSA) is 66.5 Å². The molecule has 0 aliphatic heterocycles. The average Bonchev–Trinajstić information content (AvgIpc) is 2.73. The van der Waals surface area contributed by atoms with Gasteiger partial charge in [-0.1, -0.05) is 64.6 Å². The first-order valence-electron chi connectivity index (χ1n) is 9.72. The molecule has 9 heteroatoms. The number of hydrogen-bond donors (Lipinski definition) is 1. The molecule has 5 nitrogen and oxygen atoms in total. The molecule has 1 N–H and O–H groups in total. The lowest BCUT2D eigenvalue weighted by Gasteiger charge is -2.24. The van der Waals surface area contributed by atoms with E-state index in [0.717, 1.165) is 15.4 Å². The normalized spacial score (nSPS) is 11.2. The summed E-state index contributed by atoms with van der Waals surface area (Å²) in [5.74, 6) is -0.453. The molecule has 0 aliphatic rings. The molecule has 168 valence electrons. The minimum absolute atomic E-state index is 0.0631. The Bertz CT molecular complexity index is 1180. The van der Waals surface area contributed by atoms with Crippen LogP contribution in [0.4, 0.5) is 5.69 Å². The Balaban J connectivity index is 1.81. The molecule has 3 rings (SSSR count). The van der Waals surface area contributed by atoms with Gasteiger partial charge in [-0.2, -0.15) is 0 Å². The van der Waals surface area contributed by atoms with Crippen molar-refractivity contribution in [3.8, 4) is 0 Å². The van der Waals surface area contributed by atoms with Gasteiger partial charge in [0.25, 0.3) is 10.0 Å². The van der Waals surface area contributed by atoms with Gasteiger partial charge >= 0.3 is 0 Å². The number of rotatable bonds is 8. The second-order valence-corrected chi connectivity index (χ2v) is 10.4. The van der Waals surface area contributed by atoms with Crippen LogP contribution in [0.25, 0.3) is 0 Å². The fourth-order valence-electron chi connectivity index (χ4n) is 3.02. The van der Waals surface area contributed by atoms with Crippen molar-refractivity contribution in [2.75, 3.05) is 17.4 Å². The number of sulfonamides is 1. The van der Waals surface area contributed by atoms with Crippen molar-refractivity contribution >= 4 is 56.4 Å². The first-order valence-corrected chi connectivity index (χ1v) is 12.3. The van der Waals surface area contributed by atoms with E-state index in [0.29, 0.717) is 18.0 Å². The molecule has 0 aromatic heterocycles. The first kappa shape index (κ1) is 24.4. The fourth-order valence-corrected chi connectivity index (χ4v) is 5.06. The second kappa shape index (κ2) is 10.6. The van der Waals surface area contributed by atoms with Crippen LogP contribution in [0.1, 0.15) is 11.1 Å². The molecule has 0 unspecified atom stereocenters. The summed E-state index contributed by atoms with van der Waals surface area (Å²) in [7, 11) is -4.04. The number of nitrogens with zero attached hydrogens (tertiary/aromatic N) is 1. The monoisotopic (exact) mass is 510 g/mol. The molecule has 0 spiro atoms. The van der Waals surface area contributed by atoms with Gasteiger partial charge in [-0.05, 0) is 61.4 Å². The summed E-state index contributed by atoms with van der Waals surface area (Å²) in [5.41, 5.74) is 2.12. The van der Waals surface area contributed by atoms with Crippen LogP contribution < -0.4 is 9.62 Å². The zero-order chi connectivity index (χ0) is 23.3. The van der Waals surface area contributed by atoms with E-state index < -0.39 is 22.5 Å². The predicted molar refractivity (Wildman–Crippen MR) is 130 cm³/mol. The van der Waals surface area contributed by atoms with Crippen LogP contribution in [-0.2, 0) is 21.2 Å². The van der Waals surface area contributed by atoms with Gasteiger partial charge in [0.1, 0.15) is 6.54 Å². The van der Waals surface area contributed by atoms with Crippen LogP contribution in [0.3, 0.4) is 0 Å². The van der Waals surface area contributed by atoms with E-state index in [4.69, 9.17) is 34.8 Å². The van der Waals surface area contributed by atoms with Crippen LogP contribution in [0.5, 0.6) is 0 Å². The third-order valence-electron chi connectivity index (χ3n) is 4.68. The minimum atomic E-state index is -4.04. The third-order valence-corrected chi connectivity index (χ3v) is 7.16. The summed E-state index contributed by atoms with van der Waals surface area (Å²) in [6.07, 6.45) is 0.580. The Morgan fingerprint density at radius 2 is 1.47 bits per heavy atom. The van der Waals surface area contributed by atoms with Gasteiger partial charge in [0.05, 0.1) is 10.6 Å². The highest BCUT2D eigenvalue weighted by Gasteiger charge is 2.27. The molecule has 0 aliphatic carbocycles. The lowest BCUT2D eigenvalue weighted by Crippen LogP contribution is -2.41. The quantitative estimate of drug-likeness (QED) is 0.434. The molecule has 0 saturated heterocycles. The Labute approximate surface area is 203 Å². The number of nitrogens with one attached hydrogen (secondary N) is 1. The van der Waals surface area contributed by atoms with E-state index in [2.05, 4.69) is 5.32 Å². The number of carbonyl (C=O) groups is 1. The molecule has 3 aromatic carbocycles. The minimum Gasteiger partial charge on any atom is -0.354 e. The van der Waals surface area contributed by atoms with Crippen LogP contribution in [0.2, 0.25) is 15.1 Å². The molecule has 0 heterocycles. The Morgan fingerprint density at radius 1 is 0.875 bits per heavy atom. The highest BCUT2D eigenvalue weighted by Crippen LogP contribution is 2.29. The van der Waals surface area contributed by atoms with E-state index in [1.165, 1.54) is 30.3 Å². The molecule has 0 saturated carbocycles. The van der Waals surface area contributed by atoms with Gasteiger partial charge in [0.15, 0.2) is 0 Å². The fraction of sp³-hybridized carbons (Fsp3) is 0.174. The van der Waals surface area contributed by atoms with Crippen LogP contribution in [0, 0.1) is 6.92 Å². The number of benzene rings is 3. The highest BCUT2D eigenvalue weighted by atomic mass is 35.5. The molecular formula is C23H21Cl3N2O3S. The Morgan fingerprint density at radius 3 is 2.06 bits per heavy atom. The van der Waals surface area contributed by atoms with Crippen molar-refractivity contribution in [2.24, 2.45) is 0 Å². The van der Waals surface area contributed by atoms with Crippen LogP contribution in [-0.4, -0.2) is 27.4 Å². The molecule has 3 aromatic rings.